The minimum absolute atomic E-state index is 0.0120. The van der Waals surface area contributed by atoms with E-state index in [1.165, 1.54) is 6.08 Å². The zero-order valence-electron chi connectivity index (χ0n) is 14.7. The van der Waals surface area contributed by atoms with Gasteiger partial charge in [-0.1, -0.05) is 32.1 Å². The second-order valence-electron chi connectivity index (χ2n) is 8.19. The number of fused-ring (bicyclic) bond motifs is 2. The summed E-state index contributed by atoms with van der Waals surface area (Å²) in [5.41, 5.74) is 2.64. The van der Waals surface area contributed by atoms with E-state index in [1.807, 2.05) is 0 Å². The highest BCUT2D eigenvalue weighted by Gasteiger charge is 2.51. The Labute approximate surface area is 143 Å². The summed E-state index contributed by atoms with van der Waals surface area (Å²) in [4.78, 5) is 13.1. The summed E-state index contributed by atoms with van der Waals surface area (Å²) in [6.45, 7) is 9.88. The summed E-state index contributed by atoms with van der Waals surface area (Å²) in [6.07, 6.45) is 1.69. The average molecular weight is 332 g/mol. The second kappa shape index (κ2) is 5.94. The van der Waals surface area contributed by atoms with Crippen LogP contribution in [0, 0.1) is 17.3 Å². The molecule has 0 aliphatic heterocycles. The van der Waals surface area contributed by atoms with Gasteiger partial charge in [0, 0.05) is 5.57 Å². The Kier molecular flexibility index (Phi) is 4.35. The predicted octanol–water partition coefficient (Wildman–Crippen LogP) is 2.30. The van der Waals surface area contributed by atoms with Crippen molar-refractivity contribution >= 4 is 5.78 Å². The summed E-state index contributed by atoms with van der Waals surface area (Å²) in [5, 5.41) is 31.3. The van der Waals surface area contributed by atoms with Gasteiger partial charge in [0.15, 0.2) is 5.78 Å². The number of allylic oxidation sites excluding steroid dienone is 1. The van der Waals surface area contributed by atoms with E-state index in [9.17, 15) is 20.1 Å². The Morgan fingerprint density at radius 1 is 1.12 bits per heavy atom. The number of aliphatic hydroxyl groups excluding tert-OH is 3. The van der Waals surface area contributed by atoms with Crippen molar-refractivity contribution in [2.75, 3.05) is 0 Å². The van der Waals surface area contributed by atoms with E-state index in [2.05, 4.69) is 20.4 Å². The van der Waals surface area contributed by atoms with Crippen LogP contribution in [0.4, 0.5) is 0 Å². The van der Waals surface area contributed by atoms with Crippen LogP contribution < -0.4 is 0 Å². The number of Topliss-reactive ketones (excluding diaryl/α,β-unsaturated/α-hetero) is 1. The minimum atomic E-state index is -1.10. The first-order valence-corrected chi connectivity index (χ1v) is 8.84. The molecule has 3 aliphatic carbocycles. The van der Waals surface area contributed by atoms with Crippen LogP contribution in [0.1, 0.15) is 46.5 Å². The lowest BCUT2D eigenvalue weighted by molar-refractivity contribution is -0.120. The first-order valence-electron chi connectivity index (χ1n) is 8.84. The summed E-state index contributed by atoms with van der Waals surface area (Å²) in [5.74, 6) is -0.347. The molecule has 3 N–H and O–H groups in total. The molecule has 3 bridgehead atoms. The Balaban J connectivity index is 2.12. The molecule has 5 atom stereocenters. The van der Waals surface area contributed by atoms with Gasteiger partial charge in [0.05, 0.1) is 12.0 Å². The normalized spacial score (nSPS) is 39.6. The molecule has 24 heavy (non-hydrogen) atoms. The van der Waals surface area contributed by atoms with E-state index in [4.69, 9.17) is 0 Å². The molecule has 0 amide bonds. The topological polar surface area (TPSA) is 77.8 Å². The zero-order chi connectivity index (χ0) is 17.8. The number of ketones is 1. The quantitative estimate of drug-likeness (QED) is 0.595. The third-order valence-corrected chi connectivity index (χ3v) is 6.43. The summed E-state index contributed by atoms with van der Waals surface area (Å²) >= 11 is 0. The van der Waals surface area contributed by atoms with Crippen molar-refractivity contribution in [3.8, 4) is 0 Å². The van der Waals surface area contributed by atoms with Gasteiger partial charge in [-0.05, 0) is 55.1 Å². The van der Waals surface area contributed by atoms with E-state index < -0.39 is 24.2 Å². The molecule has 4 nitrogen and oxygen atoms in total. The number of hydrogen-bond donors (Lipinski definition) is 3. The fourth-order valence-electron chi connectivity index (χ4n) is 4.88. The number of hydrogen-bond acceptors (Lipinski definition) is 4. The fourth-order valence-corrected chi connectivity index (χ4v) is 4.88. The van der Waals surface area contributed by atoms with Gasteiger partial charge >= 0.3 is 0 Å². The van der Waals surface area contributed by atoms with E-state index >= 15 is 0 Å². The lowest BCUT2D eigenvalue weighted by atomic mass is 9.63. The molecular weight excluding hydrogens is 304 g/mol. The molecule has 0 fully saturated rings. The van der Waals surface area contributed by atoms with Gasteiger partial charge in [0.1, 0.15) is 12.2 Å². The minimum Gasteiger partial charge on any atom is -0.388 e. The van der Waals surface area contributed by atoms with Crippen molar-refractivity contribution in [1.29, 1.82) is 0 Å². The Hall–Kier alpha value is -1.23. The van der Waals surface area contributed by atoms with Crippen molar-refractivity contribution in [2.24, 2.45) is 17.3 Å². The Morgan fingerprint density at radius 2 is 1.75 bits per heavy atom. The molecule has 132 valence electrons. The van der Waals surface area contributed by atoms with Crippen LogP contribution in [-0.4, -0.2) is 39.4 Å². The van der Waals surface area contributed by atoms with Gasteiger partial charge in [0.2, 0.25) is 0 Å². The molecule has 3 aliphatic rings. The first kappa shape index (κ1) is 17.6. The van der Waals surface area contributed by atoms with E-state index in [0.29, 0.717) is 23.5 Å². The number of carbonyl (C=O) groups excluding carboxylic acids is 1. The van der Waals surface area contributed by atoms with Crippen molar-refractivity contribution < 1.29 is 20.1 Å². The van der Waals surface area contributed by atoms with Crippen molar-refractivity contribution in [2.45, 2.75) is 64.8 Å². The van der Waals surface area contributed by atoms with Crippen molar-refractivity contribution in [3.05, 3.63) is 34.9 Å². The predicted molar refractivity (Wildman–Crippen MR) is 92.2 cm³/mol. The molecule has 0 aromatic rings. The highest BCUT2D eigenvalue weighted by Crippen LogP contribution is 2.53. The van der Waals surface area contributed by atoms with Crippen molar-refractivity contribution in [3.63, 3.8) is 0 Å². The monoisotopic (exact) mass is 332 g/mol. The van der Waals surface area contributed by atoms with Gasteiger partial charge < -0.3 is 15.3 Å². The molecule has 0 aromatic carbocycles. The number of carbonyl (C=O) groups is 1. The molecule has 5 unspecified atom stereocenters. The molecule has 0 saturated heterocycles. The summed E-state index contributed by atoms with van der Waals surface area (Å²) in [6, 6.07) is 0. The van der Waals surface area contributed by atoms with E-state index in [-0.39, 0.29) is 11.2 Å². The summed E-state index contributed by atoms with van der Waals surface area (Å²) in [7, 11) is 0. The largest absolute Gasteiger partial charge is 0.388 e. The average Bonchev–Trinajstić information content (AvgIpc) is 2.76. The SMILES string of the molecule is C=C1CCC2CCC3=C(C(=O)C(C(C)=CC(O)C1O)C3O)C2(C)C. The molecular formula is C20H28O4. The van der Waals surface area contributed by atoms with E-state index in [1.54, 1.807) is 6.92 Å². The van der Waals surface area contributed by atoms with Crippen LogP contribution >= 0.6 is 0 Å². The third kappa shape index (κ3) is 2.52. The molecule has 0 spiro atoms. The van der Waals surface area contributed by atoms with Crippen LogP contribution in [0.3, 0.4) is 0 Å². The fraction of sp³-hybridized carbons (Fsp3) is 0.650. The van der Waals surface area contributed by atoms with Crippen LogP contribution in [0.15, 0.2) is 34.9 Å². The van der Waals surface area contributed by atoms with Gasteiger partial charge in [-0.2, -0.15) is 0 Å². The number of rotatable bonds is 0. The van der Waals surface area contributed by atoms with E-state index in [0.717, 1.165) is 30.4 Å². The third-order valence-electron chi connectivity index (χ3n) is 6.43. The molecule has 0 saturated carbocycles. The van der Waals surface area contributed by atoms with Gasteiger partial charge in [-0.25, -0.2) is 0 Å². The maximum Gasteiger partial charge on any atom is 0.169 e. The van der Waals surface area contributed by atoms with Crippen molar-refractivity contribution in [1.82, 2.24) is 0 Å². The van der Waals surface area contributed by atoms with Crippen LogP contribution in [-0.2, 0) is 4.79 Å². The zero-order valence-corrected chi connectivity index (χ0v) is 14.7. The molecule has 0 radical (unpaired) electrons. The first-order chi connectivity index (χ1) is 11.2. The second-order valence-corrected chi connectivity index (χ2v) is 8.19. The summed E-state index contributed by atoms with van der Waals surface area (Å²) < 4.78 is 0. The van der Waals surface area contributed by atoms with Crippen LogP contribution in [0.25, 0.3) is 0 Å². The molecule has 4 heteroatoms. The van der Waals surface area contributed by atoms with Gasteiger partial charge in [0.25, 0.3) is 0 Å². The Bertz CT molecular complexity index is 640. The molecule has 0 heterocycles. The number of aliphatic hydroxyl groups is 3. The highest BCUT2D eigenvalue weighted by atomic mass is 16.3. The van der Waals surface area contributed by atoms with Crippen LogP contribution in [0.5, 0.6) is 0 Å². The molecule has 3 rings (SSSR count). The standard InChI is InChI=1S/C20H28O4/c1-10-5-6-12-7-8-13-16(20(12,3)4)19(24)15(18(13)23)11(2)9-14(21)17(10)22/h9,12,14-15,17-18,21-23H,1,5-8H2,2-4H3. The van der Waals surface area contributed by atoms with Crippen LogP contribution in [0.2, 0.25) is 0 Å². The highest BCUT2D eigenvalue weighted by molar-refractivity contribution is 6.04. The van der Waals surface area contributed by atoms with Gasteiger partial charge in [-0.15, -0.1) is 0 Å². The lowest BCUT2D eigenvalue weighted by Crippen LogP contribution is -2.35. The maximum atomic E-state index is 13.1. The van der Waals surface area contributed by atoms with Gasteiger partial charge in [-0.3, -0.25) is 4.79 Å². The molecule has 0 aromatic heterocycles. The smallest absolute Gasteiger partial charge is 0.169 e. The maximum absolute atomic E-state index is 13.1. The lowest BCUT2D eigenvalue weighted by Gasteiger charge is -2.40. The Morgan fingerprint density at radius 3 is 2.42 bits per heavy atom.